The van der Waals surface area contributed by atoms with Gasteiger partial charge in [0.1, 0.15) is 22.7 Å². The largest absolute Gasteiger partial charge is 0.456 e. The molecule has 2 aliphatic rings. The summed E-state index contributed by atoms with van der Waals surface area (Å²) in [7, 11) is 0. The molecule has 16 aromatic carbocycles. The van der Waals surface area contributed by atoms with Gasteiger partial charge in [-0.1, -0.05) is 307 Å². The lowest BCUT2D eigenvalue weighted by Crippen LogP contribution is -2.15. The highest BCUT2D eigenvalue weighted by Gasteiger charge is 2.42. The minimum absolute atomic E-state index is 0.171. The second kappa shape index (κ2) is 20.3. The summed E-state index contributed by atoms with van der Waals surface area (Å²) in [6, 6.07) is 113. The molecule has 0 N–H and O–H groups in total. The lowest BCUT2D eigenvalue weighted by molar-refractivity contribution is 0.619. The molecule has 0 radical (unpaired) electrons. The van der Waals surface area contributed by atoms with Crippen LogP contribution in [0.15, 0.2) is 312 Å². The second-order valence-electron chi connectivity index (χ2n) is 27.7. The van der Waals surface area contributed by atoms with Crippen LogP contribution in [0.2, 0.25) is 0 Å². The van der Waals surface area contributed by atoms with Gasteiger partial charge in [-0.15, -0.1) is 0 Å². The maximum absolute atomic E-state index is 7.26. The Kier molecular flexibility index (Phi) is 11.6. The van der Waals surface area contributed by atoms with Crippen LogP contribution in [0.25, 0.3) is 187 Å². The van der Waals surface area contributed by atoms with E-state index in [4.69, 9.17) is 8.83 Å². The van der Waals surface area contributed by atoms with Crippen LogP contribution in [0.4, 0.5) is 0 Å². The van der Waals surface area contributed by atoms with Gasteiger partial charge in [-0.3, -0.25) is 0 Å². The summed E-state index contributed by atoms with van der Waals surface area (Å²) in [5.41, 5.74) is 25.4. The number of furan rings is 2. The molecular formula is C94H62O2. The Labute approximate surface area is 556 Å². The number of fused-ring (bicyclic) bond motifs is 16. The van der Waals surface area contributed by atoms with E-state index in [9.17, 15) is 0 Å². The molecule has 450 valence electrons. The van der Waals surface area contributed by atoms with Crippen molar-refractivity contribution in [2.75, 3.05) is 0 Å². The average Bonchev–Trinajstić information content (AvgIpc) is 1.56. The first-order chi connectivity index (χ1) is 47.1. The molecule has 18 aromatic rings. The van der Waals surface area contributed by atoms with Crippen LogP contribution >= 0.6 is 0 Å². The van der Waals surface area contributed by atoms with Gasteiger partial charge in [0, 0.05) is 43.9 Å². The van der Waals surface area contributed by atoms with Crippen LogP contribution in [-0.2, 0) is 10.8 Å². The van der Waals surface area contributed by atoms with Crippen molar-refractivity contribution in [2.45, 2.75) is 38.5 Å². The standard InChI is InChI=1S/C94H62O2/c1-93(2)80-38-18-17-34-75(80)91-89(93)77-49-46-63(54-82(77)95-91)87-71-30-13-15-32-73(71)88(74-33-16-14-31-72(74)87)79-37-20-36-66(85(79)61-44-39-55-21-5-6-23-59(55)51-61)60-45-48-76-81(52-60)94(3,4)90-78-50-47-62(53-83(78)96-92(76)90)86-69-28-11-9-26-67(69)84(68-27-10-12-29-70(68)86)58-42-40-57(41-43-58)65-35-19-24-56-22-7-8-25-64(56)65/h5-54H,1-4H3. The van der Waals surface area contributed by atoms with Gasteiger partial charge in [0.25, 0.3) is 0 Å². The quantitative estimate of drug-likeness (QED) is 0.149. The molecule has 2 heteroatoms. The molecular weight excluding hydrogens is 1160 g/mol. The molecule has 2 heterocycles. The van der Waals surface area contributed by atoms with Gasteiger partial charge >= 0.3 is 0 Å². The number of hydrogen-bond acceptors (Lipinski definition) is 2. The van der Waals surface area contributed by atoms with Crippen molar-refractivity contribution in [1.29, 1.82) is 0 Å². The zero-order valence-corrected chi connectivity index (χ0v) is 53.7. The van der Waals surface area contributed by atoms with Crippen molar-refractivity contribution in [3.63, 3.8) is 0 Å². The van der Waals surface area contributed by atoms with Crippen molar-refractivity contribution in [3.8, 4) is 101 Å². The summed E-state index contributed by atoms with van der Waals surface area (Å²) >= 11 is 0. The van der Waals surface area contributed by atoms with Crippen LogP contribution in [0, 0.1) is 0 Å². The summed E-state index contributed by atoms with van der Waals surface area (Å²) < 4.78 is 14.2. The highest BCUT2D eigenvalue weighted by atomic mass is 16.3. The van der Waals surface area contributed by atoms with Gasteiger partial charge < -0.3 is 8.83 Å². The Morgan fingerprint density at radius 3 is 1.19 bits per heavy atom. The van der Waals surface area contributed by atoms with Crippen LogP contribution in [0.5, 0.6) is 0 Å². The van der Waals surface area contributed by atoms with E-state index in [0.717, 1.165) is 44.8 Å². The van der Waals surface area contributed by atoms with Crippen molar-refractivity contribution in [3.05, 3.63) is 326 Å². The van der Waals surface area contributed by atoms with E-state index in [0.29, 0.717) is 0 Å². The minimum Gasteiger partial charge on any atom is -0.456 e. The Morgan fingerprint density at radius 1 is 0.208 bits per heavy atom. The fourth-order valence-corrected chi connectivity index (χ4v) is 17.5. The highest BCUT2D eigenvalue weighted by molar-refractivity contribution is 6.25. The van der Waals surface area contributed by atoms with E-state index >= 15 is 0 Å². The van der Waals surface area contributed by atoms with Crippen LogP contribution in [-0.4, -0.2) is 0 Å². The first-order valence-corrected chi connectivity index (χ1v) is 33.6. The molecule has 0 bridgehead atoms. The van der Waals surface area contributed by atoms with Gasteiger partial charge in [-0.05, 0) is 178 Å². The summed E-state index contributed by atoms with van der Waals surface area (Å²) in [5.74, 6) is 1.95. The second-order valence-corrected chi connectivity index (χ2v) is 27.7. The smallest absolute Gasteiger partial charge is 0.139 e. The van der Waals surface area contributed by atoms with E-state index in [1.165, 1.54) is 165 Å². The summed E-state index contributed by atoms with van der Waals surface area (Å²) in [5, 5.41) is 17.0. The van der Waals surface area contributed by atoms with Crippen molar-refractivity contribution in [2.24, 2.45) is 0 Å². The third-order valence-electron chi connectivity index (χ3n) is 21.8. The molecule has 0 fully saturated rings. The highest BCUT2D eigenvalue weighted by Crippen LogP contribution is 2.58. The maximum Gasteiger partial charge on any atom is 0.139 e. The normalized spacial score (nSPS) is 13.6. The lowest BCUT2D eigenvalue weighted by atomic mass is 9.79. The molecule has 0 saturated carbocycles. The number of benzene rings is 16. The van der Waals surface area contributed by atoms with Crippen LogP contribution in [0.3, 0.4) is 0 Å². The van der Waals surface area contributed by atoms with Crippen molar-refractivity contribution >= 4 is 86.6 Å². The number of hydrogen-bond donors (Lipinski definition) is 0. The summed E-state index contributed by atoms with van der Waals surface area (Å²) in [6.45, 7) is 9.43. The molecule has 0 spiro atoms. The minimum atomic E-state index is -0.375. The maximum atomic E-state index is 7.26. The predicted molar refractivity (Wildman–Crippen MR) is 404 cm³/mol. The van der Waals surface area contributed by atoms with Crippen LogP contribution in [0.1, 0.15) is 49.9 Å². The predicted octanol–water partition coefficient (Wildman–Crippen LogP) is 26.4. The summed E-state index contributed by atoms with van der Waals surface area (Å²) in [6.07, 6.45) is 0. The first kappa shape index (κ1) is 54.7. The topological polar surface area (TPSA) is 26.3 Å². The Morgan fingerprint density at radius 2 is 0.594 bits per heavy atom. The number of rotatable bonds is 7. The van der Waals surface area contributed by atoms with Gasteiger partial charge in [0.2, 0.25) is 0 Å². The van der Waals surface area contributed by atoms with Gasteiger partial charge in [0.15, 0.2) is 0 Å². The van der Waals surface area contributed by atoms with Gasteiger partial charge in [-0.2, -0.15) is 0 Å². The Bertz CT molecular complexity index is 6260. The van der Waals surface area contributed by atoms with E-state index in [-0.39, 0.29) is 10.8 Å². The SMILES string of the molecule is CC1(C)c2cc(-c3cccc(-c4c5ccccc5c(-c5ccc6c7c(oc6c5)-c5ccccc5C7(C)C)c5ccccc45)c3-c3ccc4ccccc4c3)ccc2-c2oc3cc(-c4c5ccccc5c(-c5ccc(-c6cccc7ccccc67)cc5)c5ccccc45)ccc3c21. The van der Waals surface area contributed by atoms with Gasteiger partial charge in [-0.25, -0.2) is 0 Å². The van der Waals surface area contributed by atoms with Crippen molar-refractivity contribution < 1.29 is 8.83 Å². The Hall–Kier alpha value is -11.8. The monoisotopic (exact) mass is 1220 g/mol. The third-order valence-corrected chi connectivity index (χ3v) is 21.8. The fourth-order valence-electron chi connectivity index (χ4n) is 17.5. The molecule has 0 aliphatic heterocycles. The fraction of sp³-hybridized carbons (Fsp3) is 0.0638. The van der Waals surface area contributed by atoms with Crippen molar-refractivity contribution in [1.82, 2.24) is 0 Å². The Balaban J connectivity index is 0.716. The molecule has 96 heavy (non-hydrogen) atoms. The van der Waals surface area contributed by atoms with E-state index in [1.807, 2.05) is 0 Å². The molecule has 2 nitrogen and oxygen atoms in total. The zero-order chi connectivity index (χ0) is 63.7. The van der Waals surface area contributed by atoms with Crippen LogP contribution < -0.4 is 0 Å². The molecule has 0 saturated heterocycles. The van der Waals surface area contributed by atoms with E-state index < -0.39 is 0 Å². The molecule has 2 aliphatic carbocycles. The molecule has 2 aromatic heterocycles. The van der Waals surface area contributed by atoms with Gasteiger partial charge in [0.05, 0.1) is 0 Å². The third kappa shape index (κ3) is 7.81. The average molecular weight is 1220 g/mol. The zero-order valence-electron chi connectivity index (χ0n) is 53.7. The molecule has 0 amide bonds. The van der Waals surface area contributed by atoms with E-state index in [2.05, 4.69) is 331 Å². The summed E-state index contributed by atoms with van der Waals surface area (Å²) in [4.78, 5) is 0. The molecule has 0 unspecified atom stereocenters. The van der Waals surface area contributed by atoms with E-state index in [1.54, 1.807) is 0 Å². The lowest BCUT2D eigenvalue weighted by Gasteiger charge is -2.24. The molecule has 20 rings (SSSR count). The molecule has 0 atom stereocenters. The first-order valence-electron chi connectivity index (χ1n) is 33.6.